The van der Waals surface area contributed by atoms with Crippen LogP contribution in [0, 0.1) is 0 Å². The Kier molecular flexibility index (Phi) is 4.02. The number of carbonyl (C=O) groups is 1. The van der Waals surface area contributed by atoms with E-state index in [1.54, 1.807) is 25.3 Å². The molecular weight excluding hydrogens is 238 g/mol. The highest BCUT2D eigenvalue weighted by Crippen LogP contribution is 2.25. The van der Waals surface area contributed by atoms with Gasteiger partial charge in [-0.2, -0.15) is 0 Å². The van der Waals surface area contributed by atoms with Gasteiger partial charge in [0.2, 0.25) is 0 Å². The van der Waals surface area contributed by atoms with Crippen LogP contribution in [0.5, 0.6) is 5.75 Å². The molecule has 17 heavy (non-hydrogen) atoms. The molecule has 1 aromatic rings. The summed E-state index contributed by atoms with van der Waals surface area (Å²) in [5.74, 6) is 0.663. The summed E-state index contributed by atoms with van der Waals surface area (Å²) in [6.45, 7) is 0.902. The number of ether oxygens (including phenoxy) is 1. The van der Waals surface area contributed by atoms with E-state index in [9.17, 15) is 4.79 Å². The predicted octanol–water partition coefficient (Wildman–Crippen LogP) is 2.67. The zero-order valence-corrected chi connectivity index (χ0v) is 10.6. The molecular formula is C13H16ClNO2. The minimum atomic E-state index is -0.101. The molecule has 4 heteroatoms. The summed E-state index contributed by atoms with van der Waals surface area (Å²) in [5.41, 5.74) is 0.569. The first-order chi connectivity index (χ1) is 8.22. The molecule has 1 N–H and O–H groups in total. The standard InChI is InChI=1S/C13H16ClNO2/c1-17-12-6-5-9(14)8-10(12)13(16)11-4-2-3-7-15-11/h5-6,8,11,15H,2-4,7H2,1H3. The number of ketones is 1. The van der Waals surface area contributed by atoms with E-state index in [2.05, 4.69) is 5.32 Å². The van der Waals surface area contributed by atoms with Crippen LogP contribution in [0.3, 0.4) is 0 Å². The maximum Gasteiger partial charge on any atom is 0.183 e. The Morgan fingerprint density at radius 3 is 2.94 bits per heavy atom. The largest absolute Gasteiger partial charge is 0.496 e. The van der Waals surface area contributed by atoms with Crippen LogP contribution in [-0.2, 0) is 0 Å². The van der Waals surface area contributed by atoms with E-state index in [1.807, 2.05) is 0 Å². The van der Waals surface area contributed by atoms with Gasteiger partial charge in [0, 0.05) is 5.02 Å². The molecule has 0 spiro atoms. The van der Waals surface area contributed by atoms with E-state index >= 15 is 0 Å². The number of hydrogen-bond acceptors (Lipinski definition) is 3. The number of methoxy groups -OCH3 is 1. The van der Waals surface area contributed by atoms with Crippen molar-refractivity contribution in [1.82, 2.24) is 5.32 Å². The smallest absolute Gasteiger partial charge is 0.183 e. The van der Waals surface area contributed by atoms with Gasteiger partial charge in [-0.25, -0.2) is 0 Å². The fraction of sp³-hybridized carbons (Fsp3) is 0.462. The molecule has 3 nitrogen and oxygen atoms in total. The molecule has 1 atom stereocenters. The molecule has 0 radical (unpaired) electrons. The third-order valence-electron chi connectivity index (χ3n) is 3.05. The molecule has 1 aliphatic rings. The van der Waals surface area contributed by atoms with Crippen LogP contribution >= 0.6 is 11.6 Å². The molecule has 1 unspecified atom stereocenters. The molecule has 1 aliphatic heterocycles. The highest BCUT2D eigenvalue weighted by atomic mass is 35.5. The van der Waals surface area contributed by atoms with E-state index in [0.29, 0.717) is 16.3 Å². The fourth-order valence-electron chi connectivity index (χ4n) is 2.14. The van der Waals surface area contributed by atoms with Crippen LogP contribution in [0.2, 0.25) is 5.02 Å². The van der Waals surface area contributed by atoms with Gasteiger partial charge in [0.15, 0.2) is 5.78 Å². The van der Waals surface area contributed by atoms with Crippen molar-refractivity contribution in [2.24, 2.45) is 0 Å². The van der Waals surface area contributed by atoms with Gasteiger partial charge >= 0.3 is 0 Å². The number of benzene rings is 1. The van der Waals surface area contributed by atoms with Gasteiger partial charge in [0.1, 0.15) is 5.75 Å². The van der Waals surface area contributed by atoms with E-state index in [0.717, 1.165) is 25.8 Å². The van der Waals surface area contributed by atoms with Crippen molar-refractivity contribution in [3.8, 4) is 5.75 Å². The number of Topliss-reactive ketones (excluding diaryl/α,β-unsaturated/α-hetero) is 1. The van der Waals surface area contributed by atoms with Crippen molar-refractivity contribution < 1.29 is 9.53 Å². The third kappa shape index (κ3) is 2.79. The van der Waals surface area contributed by atoms with Crippen molar-refractivity contribution in [2.75, 3.05) is 13.7 Å². The Morgan fingerprint density at radius 2 is 2.29 bits per heavy atom. The molecule has 1 fully saturated rings. The molecule has 1 saturated heterocycles. The second-order valence-corrected chi connectivity index (χ2v) is 4.65. The molecule has 0 aromatic heterocycles. The molecule has 2 rings (SSSR count). The lowest BCUT2D eigenvalue weighted by molar-refractivity contribution is 0.0924. The second-order valence-electron chi connectivity index (χ2n) is 4.21. The van der Waals surface area contributed by atoms with Crippen molar-refractivity contribution in [3.63, 3.8) is 0 Å². The zero-order valence-electron chi connectivity index (χ0n) is 9.83. The van der Waals surface area contributed by atoms with Crippen molar-refractivity contribution in [3.05, 3.63) is 28.8 Å². The van der Waals surface area contributed by atoms with E-state index in [-0.39, 0.29) is 11.8 Å². The summed E-state index contributed by atoms with van der Waals surface area (Å²) >= 11 is 5.93. The molecule has 1 aromatic carbocycles. The Balaban J connectivity index is 2.25. The van der Waals surface area contributed by atoms with Gasteiger partial charge in [-0.05, 0) is 37.6 Å². The molecule has 92 valence electrons. The Morgan fingerprint density at radius 1 is 1.47 bits per heavy atom. The van der Waals surface area contributed by atoms with Crippen LogP contribution in [0.4, 0.5) is 0 Å². The molecule has 0 aliphatic carbocycles. The summed E-state index contributed by atoms with van der Waals surface area (Å²) < 4.78 is 5.21. The van der Waals surface area contributed by atoms with Gasteiger partial charge < -0.3 is 10.1 Å². The summed E-state index contributed by atoms with van der Waals surface area (Å²) in [7, 11) is 1.56. The quantitative estimate of drug-likeness (QED) is 0.842. The van der Waals surface area contributed by atoms with Gasteiger partial charge in [-0.3, -0.25) is 4.79 Å². The summed E-state index contributed by atoms with van der Waals surface area (Å²) in [6, 6.07) is 5.04. The van der Waals surface area contributed by atoms with Crippen LogP contribution < -0.4 is 10.1 Å². The lowest BCUT2D eigenvalue weighted by atomic mass is 9.96. The lowest BCUT2D eigenvalue weighted by Gasteiger charge is -2.23. The molecule has 0 saturated carbocycles. The highest BCUT2D eigenvalue weighted by Gasteiger charge is 2.24. The normalized spacial score (nSPS) is 20.0. The van der Waals surface area contributed by atoms with Crippen molar-refractivity contribution in [1.29, 1.82) is 0 Å². The van der Waals surface area contributed by atoms with E-state index in [1.165, 1.54) is 0 Å². The maximum absolute atomic E-state index is 12.3. The summed E-state index contributed by atoms with van der Waals surface area (Å²) in [4.78, 5) is 12.3. The Hall–Kier alpha value is -1.06. The van der Waals surface area contributed by atoms with E-state index in [4.69, 9.17) is 16.3 Å². The number of hydrogen-bond donors (Lipinski definition) is 1. The summed E-state index contributed by atoms with van der Waals surface area (Å²) in [5, 5.41) is 3.80. The minimum Gasteiger partial charge on any atom is -0.496 e. The first-order valence-electron chi connectivity index (χ1n) is 5.83. The lowest BCUT2D eigenvalue weighted by Crippen LogP contribution is -2.40. The maximum atomic E-state index is 12.3. The predicted molar refractivity (Wildman–Crippen MR) is 68.0 cm³/mol. The highest BCUT2D eigenvalue weighted by molar-refractivity contribution is 6.31. The minimum absolute atomic E-state index is 0.0732. The zero-order chi connectivity index (χ0) is 12.3. The number of carbonyl (C=O) groups excluding carboxylic acids is 1. The van der Waals surface area contributed by atoms with Crippen LogP contribution in [-0.4, -0.2) is 25.5 Å². The van der Waals surface area contributed by atoms with Crippen LogP contribution in [0.1, 0.15) is 29.6 Å². The Labute approximate surface area is 106 Å². The van der Waals surface area contributed by atoms with Crippen molar-refractivity contribution in [2.45, 2.75) is 25.3 Å². The average Bonchev–Trinajstić information content (AvgIpc) is 2.39. The fourth-order valence-corrected chi connectivity index (χ4v) is 2.31. The van der Waals surface area contributed by atoms with E-state index < -0.39 is 0 Å². The number of halogens is 1. The third-order valence-corrected chi connectivity index (χ3v) is 3.29. The van der Waals surface area contributed by atoms with Crippen LogP contribution in [0.15, 0.2) is 18.2 Å². The number of rotatable bonds is 3. The van der Waals surface area contributed by atoms with Crippen LogP contribution in [0.25, 0.3) is 0 Å². The Bertz CT molecular complexity index is 414. The number of nitrogens with one attached hydrogen (secondary N) is 1. The SMILES string of the molecule is COc1ccc(Cl)cc1C(=O)C1CCCCN1. The molecule has 0 amide bonds. The van der Waals surface area contributed by atoms with Crippen molar-refractivity contribution >= 4 is 17.4 Å². The van der Waals surface area contributed by atoms with Gasteiger partial charge in [0.25, 0.3) is 0 Å². The van der Waals surface area contributed by atoms with Gasteiger partial charge in [-0.15, -0.1) is 0 Å². The average molecular weight is 254 g/mol. The first-order valence-corrected chi connectivity index (χ1v) is 6.21. The van der Waals surface area contributed by atoms with Gasteiger partial charge in [0.05, 0.1) is 18.7 Å². The second kappa shape index (κ2) is 5.52. The molecule has 1 heterocycles. The van der Waals surface area contributed by atoms with Gasteiger partial charge in [-0.1, -0.05) is 18.0 Å². The monoisotopic (exact) mass is 253 g/mol. The molecule has 0 bridgehead atoms. The summed E-state index contributed by atoms with van der Waals surface area (Å²) in [6.07, 6.45) is 3.11. The first kappa shape index (κ1) is 12.4. The topological polar surface area (TPSA) is 38.3 Å². The number of piperidine rings is 1.